The first-order valence-corrected chi connectivity index (χ1v) is 6.82. The minimum Gasteiger partial charge on any atom is -0.287 e. The lowest BCUT2D eigenvalue weighted by atomic mass is 10.1. The third kappa shape index (κ3) is 3.22. The van der Waals surface area contributed by atoms with Crippen LogP contribution in [0.2, 0.25) is 0 Å². The van der Waals surface area contributed by atoms with Gasteiger partial charge in [0.15, 0.2) is 6.20 Å². The van der Waals surface area contributed by atoms with Gasteiger partial charge in [0.1, 0.15) is 5.82 Å². The smallest absolute Gasteiger partial charge is 0.227 e. The third-order valence-electron chi connectivity index (χ3n) is 3.62. The van der Waals surface area contributed by atoms with Crippen LogP contribution < -0.4 is 4.57 Å². The Morgan fingerprint density at radius 2 is 1.73 bits per heavy atom. The number of aromatic nitrogens is 1. The van der Waals surface area contributed by atoms with E-state index in [4.69, 9.17) is 0 Å². The number of benzene rings is 2. The SMILES string of the molecule is Br.Cc1cc[n+](CC(=O)c2ccc(F)cc2)c2ccccc12. The molecule has 0 unspecified atom stereocenters. The summed E-state index contributed by atoms with van der Waals surface area (Å²) in [7, 11) is 0. The molecule has 0 saturated heterocycles. The summed E-state index contributed by atoms with van der Waals surface area (Å²) in [6.07, 6.45) is 1.92. The van der Waals surface area contributed by atoms with Gasteiger partial charge in [-0.15, -0.1) is 17.0 Å². The second-order valence-corrected chi connectivity index (χ2v) is 5.07. The van der Waals surface area contributed by atoms with Crippen molar-refractivity contribution in [1.29, 1.82) is 0 Å². The van der Waals surface area contributed by atoms with E-state index < -0.39 is 0 Å². The summed E-state index contributed by atoms with van der Waals surface area (Å²) in [5.41, 5.74) is 2.72. The fourth-order valence-corrected chi connectivity index (χ4v) is 2.45. The second kappa shape index (κ2) is 6.79. The quantitative estimate of drug-likeness (QED) is 0.510. The molecule has 0 N–H and O–H groups in total. The third-order valence-corrected chi connectivity index (χ3v) is 3.62. The Hall–Kier alpha value is -2.07. The van der Waals surface area contributed by atoms with Gasteiger partial charge in [-0.2, -0.15) is 4.57 Å². The number of carbonyl (C=O) groups is 1. The molecule has 112 valence electrons. The van der Waals surface area contributed by atoms with Crippen LogP contribution in [0.15, 0.2) is 60.8 Å². The van der Waals surface area contributed by atoms with Gasteiger partial charge in [0, 0.05) is 23.1 Å². The number of fused-ring (bicyclic) bond motifs is 1. The molecule has 0 aliphatic heterocycles. The molecule has 2 nitrogen and oxygen atoms in total. The van der Waals surface area contributed by atoms with Crippen molar-refractivity contribution in [2.75, 3.05) is 0 Å². The molecule has 0 radical (unpaired) electrons. The molecule has 3 rings (SSSR count). The Labute approximate surface area is 139 Å². The van der Waals surface area contributed by atoms with Crippen molar-refractivity contribution in [3.63, 3.8) is 0 Å². The number of hydrogen-bond acceptors (Lipinski definition) is 1. The number of para-hydroxylation sites is 1. The molecule has 0 spiro atoms. The molecular formula is C18H16BrFNO+. The number of Topliss-reactive ketones (excluding diaryl/α,β-unsaturated/α-hetero) is 1. The Balaban J connectivity index is 0.00000176. The molecule has 0 atom stereocenters. The van der Waals surface area contributed by atoms with Crippen molar-refractivity contribution in [3.05, 3.63) is 77.7 Å². The van der Waals surface area contributed by atoms with E-state index in [0.717, 1.165) is 10.9 Å². The molecule has 2 aromatic carbocycles. The van der Waals surface area contributed by atoms with E-state index in [9.17, 15) is 9.18 Å². The Morgan fingerprint density at radius 1 is 1.05 bits per heavy atom. The monoisotopic (exact) mass is 360 g/mol. The summed E-state index contributed by atoms with van der Waals surface area (Å²) in [4.78, 5) is 12.3. The van der Waals surface area contributed by atoms with Crippen molar-refractivity contribution in [1.82, 2.24) is 0 Å². The largest absolute Gasteiger partial charge is 0.287 e. The summed E-state index contributed by atoms with van der Waals surface area (Å²) < 4.78 is 14.8. The van der Waals surface area contributed by atoms with Crippen LogP contribution in [0.4, 0.5) is 4.39 Å². The average molecular weight is 361 g/mol. The highest BCUT2D eigenvalue weighted by Crippen LogP contribution is 2.14. The van der Waals surface area contributed by atoms with E-state index >= 15 is 0 Å². The molecule has 0 amide bonds. The van der Waals surface area contributed by atoms with E-state index in [0.29, 0.717) is 5.56 Å². The van der Waals surface area contributed by atoms with E-state index in [1.165, 1.54) is 29.8 Å². The van der Waals surface area contributed by atoms with Crippen molar-refractivity contribution in [3.8, 4) is 0 Å². The number of aryl methyl sites for hydroxylation is 1. The van der Waals surface area contributed by atoms with Crippen LogP contribution in [-0.4, -0.2) is 5.78 Å². The van der Waals surface area contributed by atoms with Crippen LogP contribution in [0.3, 0.4) is 0 Å². The summed E-state index contributed by atoms with van der Waals surface area (Å²) in [5.74, 6) is -0.367. The van der Waals surface area contributed by atoms with Crippen LogP contribution in [0.1, 0.15) is 15.9 Å². The average Bonchev–Trinajstić information content (AvgIpc) is 2.51. The van der Waals surface area contributed by atoms with Crippen LogP contribution in [0.25, 0.3) is 10.9 Å². The molecule has 0 fully saturated rings. The number of rotatable bonds is 3. The zero-order valence-corrected chi connectivity index (χ0v) is 13.8. The highest BCUT2D eigenvalue weighted by Gasteiger charge is 2.16. The molecule has 0 aliphatic carbocycles. The predicted molar refractivity (Wildman–Crippen MR) is 89.9 cm³/mol. The normalized spacial score (nSPS) is 10.3. The zero-order chi connectivity index (χ0) is 14.8. The van der Waals surface area contributed by atoms with Gasteiger partial charge in [-0.25, -0.2) is 4.39 Å². The summed E-state index contributed by atoms with van der Waals surface area (Å²) >= 11 is 0. The topological polar surface area (TPSA) is 20.9 Å². The lowest BCUT2D eigenvalue weighted by Crippen LogP contribution is -2.38. The number of hydrogen-bond donors (Lipinski definition) is 0. The maximum Gasteiger partial charge on any atom is 0.227 e. The van der Waals surface area contributed by atoms with Gasteiger partial charge >= 0.3 is 0 Å². The predicted octanol–water partition coefficient (Wildman–Crippen LogP) is 4.04. The van der Waals surface area contributed by atoms with Crippen molar-refractivity contribution in [2.45, 2.75) is 13.5 Å². The van der Waals surface area contributed by atoms with Crippen molar-refractivity contribution < 1.29 is 13.8 Å². The molecule has 1 heterocycles. The highest BCUT2D eigenvalue weighted by atomic mass is 79.9. The minimum atomic E-state index is -0.333. The maximum atomic E-state index is 12.9. The first kappa shape index (κ1) is 16.3. The standard InChI is InChI=1S/C18H15FNO.BrH/c1-13-10-11-20(17-5-3-2-4-16(13)17)12-18(21)14-6-8-15(19)9-7-14;/h2-11H,12H2,1H3;1H/q+1;. The molecule has 0 saturated carbocycles. The van der Waals surface area contributed by atoms with Gasteiger partial charge in [-0.1, -0.05) is 12.1 Å². The molecule has 4 heteroatoms. The van der Waals surface area contributed by atoms with Crippen LogP contribution in [-0.2, 0) is 6.54 Å². The minimum absolute atomic E-state index is 0. The Morgan fingerprint density at radius 3 is 2.45 bits per heavy atom. The first-order chi connectivity index (χ1) is 10.1. The van der Waals surface area contributed by atoms with E-state index in [2.05, 4.69) is 6.92 Å². The number of carbonyl (C=O) groups excluding carboxylic acids is 1. The summed E-state index contributed by atoms with van der Waals surface area (Å²) in [5, 5.41) is 1.13. The number of halogens is 2. The number of nitrogens with zero attached hydrogens (tertiary/aromatic N) is 1. The van der Waals surface area contributed by atoms with Crippen LogP contribution in [0, 0.1) is 12.7 Å². The number of pyridine rings is 1. The Kier molecular flexibility index (Phi) is 5.03. The summed E-state index contributed by atoms with van der Waals surface area (Å²) in [6, 6.07) is 15.7. The highest BCUT2D eigenvalue weighted by molar-refractivity contribution is 8.93. The van der Waals surface area contributed by atoms with Gasteiger partial charge in [0.25, 0.3) is 0 Å². The van der Waals surface area contributed by atoms with Gasteiger partial charge in [-0.05, 0) is 42.8 Å². The van der Waals surface area contributed by atoms with Gasteiger partial charge in [0.05, 0.1) is 0 Å². The Bertz CT molecular complexity index is 815. The zero-order valence-electron chi connectivity index (χ0n) is 12.1. The summed E-state index contributed by atoms with van der Waals surface area (Å²) in [6.45, 7) is 2.29. The fraction of sp³-hybridized carbons (Fsp3) is 0.111. The van der Waals surface area contributed by atoms with Crippen molar-refractivity contribution in [2.24, 2.45) is 0 Å². The molecule has 3 aromatic rings. The maximum absolute atomic E-state index is 12.9. The van der Waals surface area contributed by atoms with Gasteiger partial charge < -0.3 is 0 Å². The number of ketones is 1. The van der Waals surface area contributed by atoms with Crippen LogP contribution >= 0.6 is 17.0 Å². The molecule has 0 bridgehead atoms. The van der Waals surface area contributed by atoms with Gasteiger partial charge in [-0.3, -0.25) is 4.79 Å². The molecule has 0 aliphatic rings. The molecular weight excluding hydrogens is 345 g/mol. The van der Waals surface area contributed by atoms with Gasteiger partial charge in [0.2, 0.25) is 17.8 Å². The van der Waals surface area contributed by atoms with E-state index in [1.807, 2.05) is 41.1 Å². The molecule has 22 heavy (non-hydrogen) atoms. The molecule has 1 aromatic heterocycles. The lowest BCUT2D eigenvalue weighted by Gasteiger charge is -2.03. The fourth-order valence-electron chi connectivity index (χ4n) is 2.45. The van der Waals surface area contributed by atoms with Crippen molar-refractivity contribution >= 4 is 33.7 Å². The van der Waals surface area contributed by atoms with Crippen LogP contribution in [0.5, 0.6) is 0 Å². The van der Waals surface area contributed by atoms with E-state index in [-0.39, 0.29) is 35.1 Å². The van der Waals surface area contributed by atoms with E-state index in [1.54, 1.807) is 0 Å². The second-order valence-electron chi connectivity index (χ2n) is 5.07. The lowest BCUT2D eigenvalue weighted by molar-refractivity contribution is -0.657. The first-order valence-electron chi connectivity index (χ1n) is 6.82.